The van der Waals surface area contributed by atoms with Crippen LogP contribution in [0.4, 0.5) is 0 Å². The lowest BCUT2D eigenvalue weighted by Gasteiger charge is -2.29. The molecule has 0 bridgehead atoms. The van der Waals surface area contributed by atoms with Gasteiger partial charge in [0.15, 0.2) is 0 Å². The summed E-state index contributed by atoms with van der Waals surface area (Å²) in [6.45, 7) is 6.71. The lowest BCUT2D eigenvalue weighted by molar-refractivity contribution is 0.0708. The number of rotatable bonds is 3. The van der Waals surface area contributed by atoms with Gasteiger partial charge in [-0.2, -0.15) is 0 Å². The molecular formula is C12H18N2O3. The second-order valence-electron chi connectivity index (χ2n) is 4.74. The first-order valence-corrected chi connectivity index (χ1v) is 5.44. The van der Waals surface area contributed by atoms with E-state index in [9.17, 15) is 14.7 Å². The number of aromatic amines is 1. The highest BCUT2D eigenvalue weighted by Crippen LogP contribution is 2.09. The fourth-order valence-corrected chi connectivity index (χ4v) is 1.22. The van der Waals surface area contributed by atoms with E-state index < -0.39 is 23.1 Å². The molecule has 0 fully saturated rings. The largest absolute Gasteiger partial charge is 0.391 e. The third kappa shape index (κ3) is 3.17. The first-order valence-electron chi connectivity index (χ1n) is 5.44. The first kappa shape index (κ1) is 13.4. The topological polar surface area (TPSA) is 82.2 Å². The molecule has 1 aromatic heterocycles. The van der Waals surface area contributed by atoms with Crippen LogP contribution in [0.3, 0.4) is 0 Å². The number of aliphatic hydroxyl groups excluding tert-OH is 1. The van der Waals surface area contributed by atoms with Crippen LogP contribution in [0, 0.1) is 6.92 Å². The molecule has 3 N–H and O–H groups in total. The van der Waals surface area contributed by atoms with Crippen LogP contribution in [0.5, 0.6) is 0 Å². The van der Waals surface area contributed by atoms with Gasteiger partial charge in [0.05, 0.1) is 11.6 Å². The number of amides is 1. The molecule has 5 nitrogen and oxygen atoms in total. The molecule has 0 aromatic carbocycles. The molecule has 0 aliphatic rings. The Morgan fingerprint density at radius 1 is 1.47 bits per heavy atom. The van der Waals surface area contributed by atoms with Crippen molar-refractivity contribution < 1.29 is 9.90 Å². The Bertz CT molecular complexity index is 475. The summed E-state index contributed by atoms with van der Waals surface area (Å²) in [5.41, 5.74) is -0.469. The Hall–Kier alpha value is -1.62. The van der Waals surface area contributed by atoms with Gasteiger partial charge in [0, 0.05) is 5.69 Å². The average Bonchev–Trinajstić information content (AvgIpc) is 2.15. The quantitative estimate of drug-likeness (QED) is 0.720. The third-order valence-electron chi connectivity index (χ3n) is 2.78. The van der Waals surface area contributed by atoms with Crippen molar-refractivity contribution in [3.05, 3.63) is 33.7 Å². The molecular weight excluding hydrogens is 220 g/mol. The van der Waals surface area contributed by atoms with Crippen LogP contribution in [0.2, 0.25) is 0 Å². The van der Waals surface area contributed by atoms with Gasteiger partial charge in [0.25, 0.3) is 11.5 Å². The number of nitrogens with one attached hydrogen (secondary N) is 2. The number of carbonyl (C=O) groups excluding carboxylic acids is 1. The van der Waals surface area contributed by atoms with E-state index in [4.69, 9.17) is 0 Å². The van der Waals surface area contributed by atoms with Gasteiger partial charge < -0.3 is 15.4 Å². The first-order chi connectivity index (χ1) is 7.74. The van der Waals surface area contributed by atoms with E-state index in [1.165, 1.54) is 6.07 Å². The molecule has 94 valence electrons. The van der Waals surface area contributed by atoms with Crippen molar-refractivity contribution in [2.75, 3.05) is 0 Å². The van der Waals surface area contributed by atoms with E-state index in [0.717, 1.165) is 0 Å². The van der Waals surface area contributed by atoms with Gasteiger partial charge in [-0.1, -0.05) is 0 Å². The highest BCUT2D eigenvalue weighted by atomic mass is 16.3. The van der Waals surface area contributed by atoms with E-state index in [1.54, 1.807) is 33.8 Å². The van der Waals surface area contributed by atoms with Crippen molar-refractivity contribution in [3.8, 4) is 0 Å². The molecule has 1 amide bonds. The Morgan fingerprint density at radius 2 is 2.06 bits per heavy atom. The smallest absolute Gasteiger partial charge is 0.260 e. The van der Waals surface area contributed by atoms with Crippen molar-refractivity contribution >= 4 is 5.91 Å². The number of aryl methyl sites for hydroxylation is 1. The normalized spacial score (nSPS) is 13.2. The molecule has 1 heterocycles. The van der Waals surface area contributed by atoms with E-state index in [0.29, 0.717) is 5.69 Å². The minimum Gasteiger partial charge on any atom is -0.391 e. The lowest BCUT2D eigenvalue weighted by atomic mass is 9.98. The average molecular weight is 238 g/mol. The minimum atomic E-state index is -0.783. The van der Waals surface area contributed by atoms with Crippen LogP contribution < -0.4 is 10.9 Å². The molecule has 0 saturated carbocycles. The van der Waals surface area contributed by atoms with Crippen LogP contribution in [0.15, 0.2) is 16.9 Å². The molecule has 0 radical (unpaired) electrons. The molecule has 1 rings (SSSR count). The zero-order valence-corrected chi connectivity index (χ0v) is 10.5. The summed E-state index contributed by atoms with van der Waals surface area (Å²) in [6, 6.07) is 3.13. The molecule has 0 aliphatic carbocycles. The van der Waals surface area contributed by atoms with E-state index in [2.05, 4.69) is 10.3 Å². The van der Waals surface area contributed by atoms with E-state index in [1.807, 2.05) is 0 Å². The lowest BCUT2D eigenvalue weighted by Crippen LogP contribution is -2.51. The Labute approximate surface area is 99.9 Å². The molecule has 5 heteroatoms. The van der Waals surface area contributed by atoms with Crippen LogP contribution in [0.1, 0.15) is 36.8 Å². The number of hydrogen-bond acceptors (Lipinski definition) is 3. The summed E-state index contributed by atoms with van der Waals surface area (Å²) in [5.74, 6) is -0.489. The number of carbonyl (C=O) groups is 1. The van der Waals surface area contributed by atoms with Crippen LogP contribution in [-0.2, 0) is 0 Å². The summed E-state index contributed by atoms with van der Waals surface area (Å²) in [7, 11) is 0. The standard InChI is InChI=1S/C12H18N2O3/c1-7-5-6-9(10(16)13-7)11(17)14-12(3,4)8(2)15/h5-6,8,15H,1-4H3,(H,13,16)(H,14,17). The minimum absolute atomic E-state index is 0.0457. The van der Waals surface area contributed by atoms with Crippen molar-refractivity contribution in [2.45, 2.75) is 39.3 Å². The van der Waals surface area contributed by atoms with Crippen LogP contribution in [-0.4, -0.2) is 27.6 Å². The summed E-state index contributed by atoms with van der Waals surface area (Å²) in [6.07, 6.45) is -0.712. The predicted octanol–water partition coefficient (Wildman–Crippen LogP) is 0.573. The second-order valence-corrected chi connectivity index (χ2v) is 4.74. The maximum absolute atomic E-state index is 11.9. The summed E-state index contributed by atoms with van der Waals surface area (Å²) in [4.78, 5) is 26.0. The van der Waals surface area contributed by atoms with E-state index >= 15 is 0 Å². The van der Waals surface area contributed by atoms with Crippen LogP contribution >= 0.6 is 0 Å². The summed E-state index contributed by atoms with van der Waals surface area (Å²) < 4.78 is 0. The summed E-state index contributed by atoms with van der Waals surface area (Å²) >= 11 is 0. The van der Waals surface area contributed by atoms with Gasteiger partial charge in [-0.05, 0) is 39.8 Å². The highest BCUT2D eigenvalue weighted by Gasteiger charge is 2.27. The van der Waals surface area contributed by atoms with Crippen molar-refractivity contribution in [2.24, 2.45) is 0 Å². The maximum atomic E-state index is 11.9. The SMILES string of the molecule is Cc1ccc(C(=O)NC(C)(C)C(C)O)c(=O)[nH]1. The van der Waals surface area contributed by atoms with Crippen molar-refractivity contribution in [1.82, 2.24) is 10.3 Å². The monoisotopic (exact) mass is 238 g/mol. The highest BCUT2D eigenvalue weighted by molar-refractivity contribution is 5.94. The molecule has 1 unspecified atom stereocenters. The molecule has 17 heavy (non-hydrogen) atoms. The third-order valence-corrected chi connectivity index (χ3v) is 2.78. The molecule has 0 spiro atoms. The number of aromatic nitrogens is 1. The fourth-order valence-electron chi connectivity index (χ4n) is 1.22. The zero-order valence-electron chi connectivity index (χ0n) is 10.5. The Balaban J connectivity index is 2.95. The number of aliphatic hydroxyl groups is 1. The van der Waals surface area contributed by atoms with E-state index in [-0.39, 0.29) is 5.56 Å². The maximum Gasteiger partial charge on any atom is 0.260 e. The van der Waals surface area contributed by atoms with Crippen LogP contribution in [0.25, 0.3) is 0 Å². The van der Waals surface area contributed by atoms with Gasteiger partial charge in [-0.3, -0.25) is 9.59 Å². The second kappa shape index (κ2) is 4.71. The number of H-pyrrole nitrogens is 1. The molecule has 0 aliphatic heterocycles. The molecule has 0 saturated heterocycles. The number of pyridine rings is 1. The van der Waals surface area contributed by atoms with Gasteiger partial charge >= 0.3 is 0 Å². The van der Waals surface area contributed by atoms with Crippen molar-refractivity contribution in [1.29, 1.82) is 0 Å². The Kier molecular flexibility index (Phi) is 3.72. The molecule has 1 atom stereocenters. The van der Waals surface area contributed by atoms with Crippen molar-refractivity contribution in [3.63, 3.8) is 0 Å². The predicted molar refractivity (Wildman–Crippen MR) is 65.0 cm³/mol. The number of hydrogen-bond donors (Lipinski definition) is 3. The van der Waals surface area contributed by atoms with Gasteiger partial charge in [-0.25, -0.2) is 0 Å². The van der Waals surface area contributed by atoms with Gasteiger partial charge in [0.1, 0.15) is 5.56 Å². The fraction of sp³-hybridized carbons (Fsp3) is 0.500. The molecule has 1 aromatic rings. The summed E-state index contributed by atoms with van der Waals surface area (Å²) in [5, 5.41) is 12.1. The van der Waals surface area contributed by atoms with Gasteiger partial charge in [-0.15, -0.1) is 0 Å². The zero-order chi connectivity index (χ0) is 13.2. The van der Waals surface area contributed by atoms with Gasteiger partial charge in [0.2, 0.25) is 0 Å². The Morgan fingerprint density at radius 3 is 2.53 bits per heavy atom.